The molecular formula is C24H24N2O3. The molecule has 5 nitrogen and oxygen atoms in total. The van der Waals surface area contributed by atoms with E-state index in [1.54, 1.807) is 24.0 Å². The number of benzene rings is 2. The topological polar surface area (TPSA) is 53.8 Å². The number of furan rings is 1. The van der Waals surface area contributed by atoms with E-state index in [9.17, 15) is 9.59 Å². The highest BCUT2D eigenvalue weighted by Crippen LogP contribution is 2.42. The van der Waals surface area contributed by atoms with Crippen LogP contribution in [0.25, 0.3) is 0 Å². The molecule has 2 aromatic carbocycles. The van der Waals surface area contributed by atoms with Crippen molar-refractivity contribution in [3.05, 3.63) is 83.8 Å². The maximum absolute atomic E-state index is 13.1. The predicted molar refractivity (Wildman–Crippen MR) is 113 cm³/mol. The maximum Gasteiger partial charge on any atom is 0.294 e. The lowest BCUT2D eigenvalue weighted by molar-refractivity contribution is -0.117. The molecule has 2 atom stereocenters. The molecule has 0 saturated carbocycles. The lowest BCUT2D eigenvalue weighted by atomic mass is 9.89. The number of hydrogen-bond acceptors (Lipinski definition) is 3. The van der Waals surface area contributed by atoms with E-state index in [0.29, 0.717) is 12.2 Å². The van der Waals surface area contributed by atoms with Gasteiger partial charge < -0.3 is 14.2 Å². The molecule has 0 bridgehead atoms. The van der Waals surface area contributed by atoms with Crippen molar-refractivity contribution in [3.63, 3.8) is 0 Å². The van der Waals surface area contributed by atoms with Crippen LogP contribution in [-0.2, 0) is 4.79 Å². The minimum Gasteiger partial charge on any atom is -0.459 e. The largest absolute Gasteiger partial charge is 0.459 e. The monoisotopic (exact) mass is 388 g/mol. The molecule has 3 aromatic rings. The second-order valence-electron chi connectivity index (χ2n) is 7.54. The van der Waals surface area contributed by atoms with Crippen LogP contribution >= 0.6 is 0 Å². The summed E-state index contributed by atoms with van der Waals surface area (Å²) in [5.74, 6) is 0.122. The van der Waals surface area contributed by atoms with Gasteiger partial charge in [0, 0.05) is 24.3 Å². The van der Waals surface area contributed by atoms with E-state index < -0.39 is 0 Å². The van der Waals surface area contributed by atoms with Crippen LogP contribution in [-0.4, -0.2) is 17.9 Å². The van der Waals surface area contributed by atoms with E-state index in [4.69, 9.17) is 4.42 Å². The fourth-order valence-corrected chi connectivity index (χ4v) is 4.14. The third kappa shape index (κ3) is 3.44. The molecule has 1 aliphatic rings. The molecule has 0 spiro atoms. The third-order valence-electron chi connectivity index (χ3n) is 5.47. The summed E-state index contributed by atoms with van der Waals surface area (Å²) < 4.78 is 5.35. The number of para-hydroxylation sites is 1. The van der Waals surface area contributed by atoms with Gasteiger partial charge in [0.15, 0.2) is 5.76 Å². The molecule has 1 aliphatic heterocycles. The van der Waals surface area contributed by atoms with Crippen LogP contribution in [0.4, 0.5) is 11.4 Å². The Hall–Kier alpha value is -3.34. The number of fused-ring (bicyclic) bond motifs is 1. The molecule has 2 amide bonds. The van der Waals surface area contributed by atoms with Crippen molar-refractivity contribution < 1.29 is 14.0 Å². The summed E-state index contributed by atoms with van der Waals surface area (Å²) in [5.41, 5.74) is 3.78. The van der Waals surface area contributed by atoms with Gasteiger partial charge in [-0.25, -0.2) is 0 Å². The Morgan fingerprint density at radius 1 is 1.03 bits per heavy atom. The summed E-state index contributed by atoms with van der Waals surface area (Å²) in [6.07, 6.45) is 2.14. The standard InChI is InChI=1S/C24H24N2O3/c1-16-10-12-19(13-11-16)26(18(3)27)22-15-17(2)25(21-8-5-4-7-20(21)22)24(28)23-9-6-14-29-23/h4-14,17,22H,15H2,1-3H3. The summed E-state index contributed by atoms with van der Waals surface area (Å²) in [6, 6.07) is 18.9. The Bertz CT molecular complexity index is 1020. The number of nitrogens with zero attached hydrogens (tertiary/aromatic N) is 2. The Labute approximate surface area is 170 Å². The first-order chi connectivity index (χ1) is 14.0. The van der Waals surface area contributed by atoms with E-state index in [2.05, 4.69) is 0 Å². The Morgan fingerprint density at radius 3 is 2.41 bits per heavy atom. The van der Waals surface area contributed by atoms with Gasteiger partial charge in [-0.1, -0.05) is 35.9 Å². The second kappa shape index (κ2) is 7.59. The van der Waals surface area contributed by atoms with Crippen LogP contribution in [0.5, 0.6) is 0 Å². The molecule has 0 N–H and O–H groups in total. The zero-order valence-corrected chi connectivity index (χ0v) is 16.8. The first-order valence-electron chi connectivity index (χ1n) is 9.80. The molecule has 0 radical (unpaired) electrons. The Morgan fingerprint density at radius 2 is 1.76 bits per heavy atom. The summed E-state index contributed by atoms with van der Waals surface area (Å²) in [7, 11) is 0. The van der Waals surface area contributed by atoms with Crippen molar-refractivity contribution in [1.82, 2.24) is 0 Å². The molecule has 148 valence electrons. The van der Waals surface area contributed by atoms with Crippen LogP contribution < -0.4 is 9.80 Å². The molecule has 29 heavy (non-hydrogen) atoms. The van der Waals surface area contributed by atoms with Crippen molar-refractivity contribution in [1.29, 1.82) is 0 Å². The van der Waals surface area contributed by atoms with Crippen molar-refractivity contribution in [2.24, 2.45) is 0 Å². The molecule has 1 aromatic heterocycles. The van der Waals surface area contributed by atoms with Gasteiger partial charge in [-0.3, -0.25) is 9.59 Å². The highest BCUT2D eigenvalue weighted by atomic mass is 16.3. The quantitative estimate of drug-likeness (QED) is 0.626. The van der Waals surface area contributed by atoms with Gasteiger partial charge in [-0.15, -0.1) is 0 Å². The first-order valence-corrected chi connectivity index (χ1v) is 9.80. The summed E-state index contributed by atoms with van der Waals surface area (Å²) in [6.45, 7) is 5.63. The zero-order chi connectivity index (χ0) is 20.5. The summed E-state index contributed by atoms with van der Waals surface area (Å²) in [5, 5.41) is 0. The van der Waals surface area contributed by atoms with Crippen LogP contribution in [0.1, 0.15) is 48.0 Å². The molecule has 2 heterocycles. The van der Waals surface area contributed by atoms with E-state index in [1.807, 2.05) is 67.3 Å². The van der Waals surface area contributed by atoms with Gasteiger partial charge in [-0.2, -0.15) is 0 Å². The minimum absolute atomic E-state index is 0.0216. The van der Waals surface area contributed by atoms with Crippen molar-refractivity contribution in [3.8, 4) is 0 Å². The highest BCUT2D eigenvalue weighted by molar-refractivity contribution is 6.06. The van der Waals surface area contributed by atoms with Crippen molar-refractivity contribution in [2.45, 2.75) is 39.3 Å². The van der Waals surface area contributed by atoms with Crippen molar-refractivity contribution >= 4 is 23.2 Å². The minimum atomic E-state index is -0.168. The van der Waals surface area contributed by atoms with E-state index in [0.717, 1.165) is 22.5 Å². The van der Waals surface area contributed by atoms with E-state index in [-0.39, 0.29) is 23.9 Å². The molecular weight excluding hydrogens is 364 g/mol. The third-order valence-corrected chi connectivity index (χ3v) is 5.47. The summed E-state index contributed by atoms with van der Waals surface area (Å²) >= 11 is 0. The lowest BCUT2D eigenvalue weighted by Gasteiger charge is -2.43. The van der Waals surface area contributed by atoms with Gasteiger partial charge in [0.05, 0.1) is 12.3 Å². The number of anilines is 2. The van der Waals surface area contributed by atoms with Crippen LogP contribution in [0, 0.1) is 6.92 Å². The van der Waals surface area contributed by atoms with Crippen LogP contribution in [0.15, 0.2) is 71.3 Å². The van der Waals surface area contributed by atoms with Gasteiger partial charge in [0.25, 0.3) is 5.91 Å². The van der Waals surface area contributed by atoms with Gasteiger partial charge in [-0.05, 0) is 56.2 Å². The number of hydrogen-bond donors (Lipinski definition) is 0. The number of carbonyl (C=O) groups is 2. The zero-order valence-electron chi connectivity index (χ0n) is 16.8. The van der Waals surface area contributed by atoms with E-state index >= 15 is 0 Å². The second-order valence-corrected chi connectivity index (χ2v) is 7.54. The number of aryl methyl sites for hydroxylation is 1. The molecule has 0 fully saturated rings. The van der Waals surface area contributed by atoms with Crippen LogP contribution in [0.3, 0.4) is 0 Å². The smallest absolute Gasteiger partial charge is 0.294 e. The number of amides is 2. The molecule has 5 heteroatoms. The van der Waals surface area contributed by atoms with Crippen LogP contribution in [0.2, 0.25) is 0 Å². The van der Waals surface area contributed by atoms with Gasteiger partial charge >= 0.3 is 0 Å². The highest BCUT2D eigenvalue weighted by Gasteiger charge is 2.38. The fraction of sp³-hybridized carbons (Fsp3) is 0.250. The van der Waals surface area contributed by atoms with Gasteiger partial charge in [0.2, 0.25) is 5.91 Å². The molecule has 0 saturated heterocycles. The normalized spacial score (nSPS) is 18.2. The number of rotatable bonds is 3. The van der Waals surface area contributed by atoms with Gasteiger partial charge in [0.1, 0.15) is 0 Å². The SMILES string of the molecule is CC(=O)N(c1ccc(C)cc1)C1CC(C)N(C(=O)c2ccco2)c2ccccc21. The average molecular weight is 388 g/mol. The lowest BCUT2D eigenvalue weighted by Crippen LogP contribution is -2.47. The predicted octanol–water partition coefficient (Wildman–Crippen LogP) is 5.12. The maximum atomic E-state index is 13.1. The average Bonchev–Trinajstić information content (AvgIpc) is 3.24. The molecule has 0 aliphatic carbocycles. The molecule has 2 unspecified atom stereocenters. The van der Waals surface area contributed by atoms with Crippen molar-refractivity contribution in [2.75, 3.05) is 9.80 Å². The fourth-order valence-electron chi connectivity index (χ4n) is 4.14. The first kappa shape index (κ1) is 19.0. The molecule has 4 rings (SSSR count). The number of carbonyl (C=O) groups excluding carboxylic acids is 2. The Kier molecular flexibility index (Phi) is 4.97. The van der Waals surface area contributed by atoms with E-state index in [1.165, 1.54) is 6.26 Å². The Balaban J connectivity index is 1.79. The summed E-state index contributed by atoms with van der Waals surface area (Å²) in [4.78, 5) is 29.4.